The normalized spacial score (nSPS) is 31.7. The molecule has 1 N–H and O–H groups in total. The fourth-order valence-corrected chi connectivity index (χ4v) is 2.58. The quantitative estimate of drug-likeness (QED) is 0.793. The van der Waals surface area contributed by atoms with E-state index in [1.165, 1.54) is 0 Å². The van der Waals surface area contributed by atoms with Crippen molar-refractivity contribution in [1.82, 2.24) is 0 Å². The van der Waals surface area contributed by atoms with Gasteiger partial charge in [0, 0.05) is 5.56 Å². The summed E-state index contributed by atoms with van der Waals surface area (Å²) in [5.74, 6) is 0.599. The zero-order valence-corrected chi connectivity index (χ0v) is 9.71. The molecule has 0 radical (unpaired) electrons. The predicted octanol–water partition coefficient (Wildman–Crippen LogP) is 1.81. The molecule has 4 rings (SSSR count). The Labute approximate surface area is 99.3 Å². The molecule has 1 aliphatic carbocycles. The van der Waals surface area contributed by atoms with Crippen LogP contribution in [0.25, 0.3) is 0 Å². The average molecular weight is 234 g/mol. The highest BCUT2D eigenvalue weighted by atomic mass is 17.2. The van der Waals surface area contributed by atoms with Crippen molar-refractivity contribution < 1.29 is 19.6 Å². The molecule has 17 heavy (non-hydrogen) atoms. The number of rotatable bonds is 2. The molecule has 2 bridgehead atoms. The van der Waals surface area contributed by atoms with Crippen molar-refractivity contribution in [1.29, 1.82) is 0 Å². The number of methoxy groups -OCH3 is 1. The lowest BCUT2D eigenvalue weighted by atomic mass is 9.77. The van der Waals surface area contributed by atoms with Crippen LogP contribution in [0.4, 0.5) is 0 Å². The first-order valence-electron chi connectivity index (χ1n) is 5.58. The molecule has 0 saturated heterocycles. The molecule has 1 aromatic rings. The summed E-state index contributed by atoms with van der Waals surface area (Å²) >= 11 is 0. The third-order valence-corrected chi connectivity index (χ3v) is 3.43. The van der Waals surface area contributed by atoms with Crippen molar-refractivity contribution >= 4 is 0 Å². The van der Waals surface area contributed by atoms with Crippen LogP contribution >= 0.6 is 0 Å². The highest BCUT2D eigenvalue weighted by molar-refractivity contribution is 5.47. The summed E-state index contributed by atoms with van der Waals surface area (Å²) in [4.78, 5) is 10.7. The number of benzene rings is 1. The molecule has 0 unspecified atom stereocenters. The highest BCUT2D eigenvalue weighted by Gasteiger charge is 2.54. The van der Waals surface area contributed by atoms with Gasteiger partial charge in [-0.2, -0.15) is 0 Å². The zero-order chi connectivity index (χ0) is 12.0. The maximum Gasteiger partial charge on any atom is 0.210 e. The summed E-state index contributed by atoms with van der Waals surface area (Å²) < 4.78 is 5.34. The van der Waals surface area contributed by atoms with Crippen LogP contribution in [0.3, 0.4) is 0 Å². The molecule has 0 aromatic heterocycles. The van der Waals surface area contributed by atoms with Crippen molar-refractivity contribution in [2.45, 2.75) is 24.7 Å². The minimum absolute atomic E-state index is 0.262. The molecular weight excluding hydrogens is 220 g/mol. The van der Waals surface area contributed by atoms with Crippen molar-refractivity contribution in [3.05, 3.63) is 47.2 Å². The summed E-state index contributed by atoms with van der Waals surface area (Å²) in [5, 5.41) is 10.1. The molecular formula is C13H14O4. The number of ether oxygens (including phenoxy) is 1. The Morgan fingerprint density at radius 1 is 1.41 bits per heavy atom. The maximum absolute atomic E-state index is 10.1. The molecule has 90 valence electrons. The average Bonchev–Trinajstić information content (AvgIpc) is 2.39. The van der Waals surface area contributed by atoms with E-state index in [1.807, 2.05) is 30.3 Å². The van der Waals surface area contributed by atoms with Gasteiger partial charge in [-0.3, -0.25) is 0 Å². The van der Waals surface area contributed by atoms with E-state index < -0.39 is 11.7 Å². The molecule has 0 spiro atoms. The summed E-state index contributed by atoms with van der Waals surface area (Å²) in [5.41, 5.74) is 0.881. The van der Waals surface area contributed by atoms with Crippen molar-refractivity contribution in [3.8, 4) is 0 Å². The third-order valence-electron chi connectivity index (χ3n) is 3.43. The van der Waals surface area contributed by atoms with Crippen LogP contribution in [0.1, 0.15) is 24.2 Å². The van der Waals surface area contributed by atoms with Crippen LogP contribution in [-0.2, 0) is 20.1 Å². The van der Waals surface area contributed by atoms with Gasteiger partial charge >= 0.3 is 0 Å². The number of aliphatic hydroxyl groups excluding tert-OH is 1. The molecule has 3 aliphatic rings. The summed E-state index contributed by atoms with van der Waals surface area (Å²) in [6.45, 7) is 1.67. The second-order valence-corrected chi connectivity index (χ2v) is 4.33. The largest absolute Gasteiger partial charge is 0.498 e. The standard InChI is InChI=1S/C13H14O4/c1-8(14)13-10-6-4-3-5-9(10)11(16-17-13)7-12(13)15-2/h3-8,11,14H,1-2H3/t8-,11-,13-/m0/s1. The maximum atomic E-state index is 10.1. The Bertz CT molecular complexity index is 480. The molecule has 3 atom stereocenters. The van der Waals surface area contributed by atoms with Gasteiger partial charge < -0.3 is 9.84 Å². The van der Waals surface area contributed by atoms with Gasteiger partial charge in [0.25, 0.3) is 0 Å². The number of hydrogen-bond donors (Lipinski definition) is 1. The van der Waals surface area contributed by atoms with Crippen LogP contribution < -0.4 is 0 Å². The van der Waals surface area contributed by atoms with Gasteiger partial charge in [-0.05, 0) is 18.6 Å². The van der Waals surface area contributed by atoms with Crippen LogP contribution in [0.2, 0.25) is 0 Å². The summed E-state index contributed by atoms with van der Waals surface area (Å²) in [6.07, 6.45) is 0.816. The number of hydrogen-bond acceptors (Lipinski definition) is 4. The Morgan fingerprint density at radius 2 is 2.18 bits per heavy atom. The van der Waals surface area contributed by atoms with Crippen molar-refractivity contribution in [2.75, 3.05) is 7.11 Å². The molecule has 4 nitrogen and oxygen atoms in total. The molecule has 0 saturated carbocycles. The minimum atomic E-state index is -1.04. The molecule has 2 aliphatic heterocycles. The molecule has 4 heteroatoms. The summed E-state index contributed by atoms with van der Waals surface area (Å²) in [6, 6.07) is 7.77. The number of fused-ring (bicyclic) bond motifs is 1. The van der Waals surface area contributed by atoms with Crippen LogP contribution in [0, 0.1) is 0 Å². The fraction of sp³-hybridized carbons (Fsp3) is 0.385. The second-order valence-electron chi connectivity index (χ2n) is 4.33. The molecule has 0 amide bonds. The molecule has 2 heterocycles. The van der Waals surface area contributed by atoms with E-state index in [0.717, 1.165) is 11.1 Å². The highest BCUT2D eigenvalue weighted by Crippen LogP contribution is 2.51. The minimum Gasteiger partial charge on any atom is -0.498 e. The lowest BCUT2D eigenvalue weighted by Gasteiger charge is -2.46. The lowest BCUT2D eigenvalue weighted by molar-refractivity contribution is -0.415. The fourth-order valence-electron chi connectivity index (χ4n) is 2.58. The monoisotopic (exact) mass is 234 g/mol. The smallest absolute Gasteiger partial charge is 0.210 e. The van der Waals surface area contributed by atoms with E-state index in [-0.39, 0.29) is 6.10 Å². The SMILES string of the molecule is COC1=C[C@@H]2OO[C@@]1([C@H](C)O)c1ccccc12. The second kappa shape index (κ2) is 3.57. The van der Waals surface area contributed by atoms with Crippen LogP contribution in [0.15, 0.2) is 36.1 Å². The number of aliphatic hydroxyl groups is 1. The van der Waals surface area contributed by atoms with Gasteiger partial charge in [0.15, 0.2) is 0 Å². The van der Waals surface area contributed by atoms with E-state index in [2.05, 4.69) is 0 Å². The first-order chi connectivity index (χ1) is 8.20. The Kier molecular flexibility index (Phi) is 2.26. The van der Waals surface area contributed by atoms with E-state index in [4.69, 9.17) is 14.5 Å². The lowest BCUT2D eigenvalue weighted by Crippen LogP contribution is -2.49. The topological polar surface area (TPSA) is 47.9 Å². The van der Waals surface area contributed by atoms with Gasteiger partial charge in [0.1, 0.15) is 11.9 Å². The van der Waals surface area contributed by atoms with Gasteiger partial charge in [0.05, 0.1) is 13.2 Å². The van der Waals surface area contributed by atoms with E-state index in [9.17, 15) is 5.11 Å². The molecule has 0 fully saturated rings. The van der Waals surface area contributed by atoms with Gasteiger partial charge in [-0.25, -0.2) is 9.78 Å². The van der Waals surface area contributed by atoms with E-state index >= 15 is 0 Å². The van der Waals surface area contributed by atoms with Crippen molar-refractivity contribution in [2.24, 2.45) is 0 Å². The van der Waals surface area contributed by atoms with Gasteiger partial charge in [-0.15, -0.1) is 0 Å². The Hall–Kier alpha value is -1.36. The van der Waals surface area contributed by atoms with E-state index in [1.54, 1.807) is 14.0 Å². The predicted molar refractivity (Wildman–Crippen MR) is 59.8 cm³/mol. The van der Waals surface area contributed by atoms with Crippen molar-refractivity contribution in [3.63, 3.8) is 0 Å². The first-order valence-corrected chi connectivity index (χ1v) is 5.58. The Balaban J connectivity index is 2.26. The molecule has 1 aromatic carbocycles. The van der Waals surface area contributed by atoms with E-state index in [0.29, 0.717) is 5.76 Å². The van der Waals surface area contributed by atoms with Gasteiger partial charge in [0.2, 0.25) is 5.60 Å². The Morgan fingerprint density at radius 3 is 2.88 bits per heavy atom. The van der Waals surface area contributed by atoms with Gasteiger partial charge in [-0.1, -0.05) is 24.3 Å². The first kappa shape index (κ1) is 10.8. The van der Waals surface area contributed by atoms with Crippen LogP contribution in [0.5, 0.6) is 0 Å². The van der Waals surface area contributed by atoms with Crippen LogP contribution in [-0.4, -0.2) is 18.3 Å². The zero-order valence-electron chi connectivity index (χ0n) is 9.71. The third kappa shape index (κ3) is 1.23. The summed E-state index contributed by atoms with van der Waals surface area (Å²) in [7, 11) is 1.57.